The van der Waals surface area contributed by atoms with Gasteiger partial charge < -0.3 is 10.6 Å². The van der Waals surface area contributed by atoms with Crippen LogP contribution in [0.4, 0.5) is 4.79 Å². The number of carbonyl (C=O) groups excluding carboxylic acids is 1. The van der Waals surface area contributed by atoms with Crippen LogP contribution in [0.2, 0.25) is 0 Å². The predicted molar refractivity (Wildman–Crippen MR) is 106 cm³/mol. The van der Waals surface area contributed by atoms with Crippen LogP contribution in [0, 0.1) is 0 Å². The number of unbranched alkanes of at least 4 members (excludes halogenated alkanes) is 3. The van der Waals surface area contributed by atoms with E-state index in [-0.39, 0.29) is 24.2 Å². The van der Waals surface area contributed by atoms with Gasteiger partial charge in [-0.1, -0.05) is 23.4 Å². The molecule has 0 unspecified atom stereocenters. The van der Waals surface area contributed by atoms with Crippen LogP contribution < -0.4 is 10.6 Å². The average Bonchev–Trinajstić information content (AvgIpc) is 2.67. The van der Waals surface area contributed by atoms with Gasteiger partial charge in [0.25, 0.3) is 0 Å². The molecule has 2 amide bonds. The molecule has 0 bridgehead atoms. The molecule has 0 saturated carbocycles. The molecule has 1 aliphatic rings. The van der Waals surface area contributed by atoms with E-state index in [2.05, 4.69) is 15.6 Å². The minimum Gasteiger partial charge on any atom is -0.338 e. The van der Waals surface area contributed by atoms with Crippen molar-refractivity contribution in [2.75, 3.05) is 25.4 Å². The zero-order valence-electron chi connectivity index (χ0n) is 15.4. The Balaban J connectivity index is 0.00000364. The van der Waals surface area contributed by atoms with Crippen molar-refractivity contribution in [1.82, 2.24) is 20.1 Å². The van der Waals surface area contributed by atoms with E-state index in [0.717, 1.165) is 42.1 Å². The van der Waals surface area contributed by atoms with Gasteiger partial charge in [0.1, 0.15) is 0 Å². The zero-order chi connectivity index (χ0) is 18.7. The maximum atomic E-state index is 12.1. The molecule has 10 heteroatoms. The zero-order valence-corrected chi connectivity index (χ0v) is 17.1. The molecule has 0 aromatic carbocycles. The lowest BCUT2D eigenvalue weighted by molar-refractivity contribution is -0.108. The Morgan fingerprint density at radius 1 is 1.19 bits per heavy atom. The number of urea groups is 1. The summed E-state index contributed by atoms with van der Waals surface area (Å²) >= 11 is 0. The molecule has 0 aliphatic carbocycles. The van der Waals surface area contributed by atoms with Crippen LogP contribution in [0.3, 0.4) is 0 Å². The summed E-state index contributed by atoms with van der Waals surface area (Å²) in [5.41, 5.74) is 0.946. The third-order valence-electron chi connectivity index (χ3n) is 4.07. The molecular formula is C17H29ClN4O4S. The average molecular weight is 421 g/mol. The molecule has 2 N–H and O–H groups in total. The van der Waals surface area contributed by atoms with Crippen LogP contribution in [0.15, 0.2) is 24.5 Å². The summed E-state index contributed by atoms with van der Waals surface area (Å²) in [6.45, 7) is 1.95. The van der Waals surface area contributed by atoms with Crippen molar-refractivity contribution in [2.24, 2.45) is 0 Å². The molecule has 1 saturated heterocycles. The fourth-order valence-corrected chi connectivity index (χ4v) is 4.02. The lowest BCUT2D eigenvalue weighted by Crippen LogP contribution is -2.37. The molecule has 1 fully saturated rings. The number of aromatic nitrogens is 1. The second-order valence-corrected chi connectivity index (χ2v) is 8.25. The van der Waals surface area contributed by atoms with Crippen molar-refractivity contribution in [2.45, 2.75) is 45.1 Å². The lowest BCUT2D eigenvalue weighted by atomic mass is 10.2. The first-order valence-electron chi connectivity index (χ1n) is 9.12. The van der Waals surface area contributed by atoms with Gasteiger partial charge in [-0.2, -0.15) is 0 Å². The topological polar surface area (TPSA) is 101 Å². The first kappa shape index (κ1) is 23.6. The van der Waals surface area contributed by atoms with Gasteiger partial charge in [-0.15, -0.1) is 12.4 Å². The second-order valence-electron chi connectivity index (χ2n) is 6.27. The first-order valence-corrected chi connectivity index (χ1v) is 10.7. The van der Waals surface area contributed by atoms with Gasteiger partial charge >= 0.3 is 6.03 Å². The molecule has 2 rings (SSSR count). The Morgan fingerprint density at radius 2 is 2.00 bits per heavy atom. The van der Waals surface area contributed by atoms with Crippen molar-refractivity contribution in [3.8, 4) is 0 Å². The van der Waals surface area contributed by atoms with Crippen molar-refractivity contribution in [1.29, 1.82) is 0 Å². The summed E-state index contributed by atoms with van der Waals surface area (Å²) in [4.78, 5) is 20.9. The standard InChI is InChI=1S/C17H28N4O4S.ClH/c22-17(20-15-16-8-7-9-18-14-16)19-10-3-1-2-6-13-26(23,24)21-11-4-5-12-25-21;/h7-9,14H,1-6,10-13,15H2,(H2,19,20,22);1H. The second kappa shape index (κ2) is 12.9. The Hall–Kier alpha value is -1.42. The number of hydroxylamine groups is 1. The monoisotopic (exact) mass is 420 g/mol. The van der Waals surface area contributed by atoms with Crippen LogP contribution in [0.25, 0.3) is 0 Å². The third-order valence-corrected chi connectivity index (χ3v) is 5.78. The third kappa shape index (κ3) is 9.37. The molecule has 0 atom stereocenters. The number of sulfonamides is 1. The number of rotatable bonds is 10. The summed E-state index contributed by atoms with van der Waals surface area (Å²) in [6.07, 6.45) is 8.28. The van der Waals surface area contributed by atoms with E-state index in [1.54, 1.807) is 12.4 Å². The smallest absolute Gasteiger partial charge is 0.315 e. The quantitative estimate of drug-likeness (QED) is 0.565. The summed E-state index contributed by atoms with van der Waals surface area (Å²) in [6, 6.07) is 3.52. The van der Waals surface area contributed by atoms with Gasteiger partial charge in [0, 0.05) is 32.0 Å². The highest BCUT2D eigenvalue weighted by atomic mass is 35.5. The van der Waals surface area contributed by atoms with Crippen LogP contribution >= 0.6 is 12.4 Å². The van der Waals surface area contributed by atoms with Crippen LogP contribution in [-0.4, -0.2) is 49.4 Å². The number of nitrogens with one attached hydrogen (secondary N) is 2. The minimum absolute atomic E-state index is 0. The molecule has 0 radical (unpaired) electrons. The van der Waals surface area contributed by atoms with Crippen LogP contribution in [0.5, 0.6) is 0 Å². The number of carbonyl (C=O) groups is 1. The van der Waals surface area contributed by atoms with E-state index in [4.69, 9.17) is 4.84 Å². The summed E-state index contributed by atoms with van der Waals surface area (Å²) in [5, 5.41) is 5.56. The first-order chi connectivity index (χ1) is 12.6. The van der Waals surface area contributed by atoms with Crippen molar-refractivity contribution >= 4 is 28.5 Å². The molecule has 2 heterocycles. The van der Waals surface area contributed by atoms with E-state index in [1.807, 2.05) is 12.1 Å². The molecule has 27 heavy (non-hydrogen) atoms. The molecule has 1 aromatic rings. The van der Waals surface area contributed by atoms with Crippen molar-refractivity contribution in [3.05, 3.63) is 30.1 Å². The molecule has 154 valence electrons. The largest absolute Gasteiger partial charge is 0.338 e. The fraction of sp³-hybridized carbons (Fsp3) is 0.647. The number of hydrogen-bond acceptors (Lipinski definition) is 5. The highest BCUT2D eigenvalue weighted by molar-refractivity contribution is 7.88. The summed E-state index contributed by atoms with van der Waals surface area (Å²) in [7, 11) is -3.30. The molecule has 1 aromatic heterocycles. The molecular weight excluding hydrogens is 392 g/mol. The van der Waals surface area contributed by atoms with E-state index < -0.39 is 10.0 Å². The SMILES string of the molecule is Cl.O=C(NCCCCCCS(=O)(=O)N1CCCCO1)NCc1cccnc1. The number of halogens is 1. The van der Waals surface area contributed by atoms with Crippen LogP contribution in [-0.2, 0) is 21.4 Å². The van der Waals surface area contributed by atoms with Gasteiger partial charge in [0.15, 0.2) is 0 Å². The maximum Gasteiger partial charge on any atom is 0.315 e. The number of nitrogens with zero attached hydrogens (tertiary/aromatic N) is 2. The Labute approximate surface area is 167 Å². The maximum absolute atomic E-state index is 12.1. The minimum atomic E-state index is -3.30. The van der Waals surface area contributed by atoms with Gasteiger partial charge in [0.05, 0.1) is 12.4 Å². The number of amides is 2. The number of pyridine rings is 1. The van der Waals surface area contributed by atoms with E-state index in [0.29, 0.717) is 32.7 Å². The summed E-state index contributed by atoms with van der Waals surface area (Å²) in [5.74, 6) is 0.117. The van der Waals surface area contributed by atoms with E-state index >= 15 is 0 Å². The summed E-state index contributed by atoms with van der Waals surface area (Å²) < 4.78 is 25.3. The van der Waals surface area contributed by atoms with Crippen molar-refractivity contribution in [3.63, 3.8) is 0 Å². The highest BCUT2D eigenvalue weighted by Gasteiger charge is 2.24. The lowest BCUT2D eigenvalue weighted by Gasteiger charge is -2.25. The van der Waals surface area contributed by atoms with E-state index in [9.17, 15) is 13.2 Å². The van der Waals surface area contributed by atoms with Gasteiger partial charge in [0.2, 0.25) is 10.0 Å². The van der Waals surface area contributed by atoms with E-state index in [1.165, 1.54) is 0 Å². The fourth-order valence-electron chi connectivity index (χ4n) is 2.61. The van der Waals surface area contributed by atoms with Gasteiger partial charge in [-0.3, -0.25) is 9.82 Å². The normalized spacial score (nSPS) is 15.0. The molecule has 8 nitrogen and oxygen atoms in total. The van der Waals surface area contributed by atoms with Gasteiger partial charge in [-0.05, 0) is 37.3 Å². The Morgan fingerprint density at radius 3 is 2.70 bits per heavy atom. The Kier molecular flexibility index (Phi) is 11.3. The predicted octanol–water partition coefficient (Wildman–Crippen LogP) is 2.22. The molecule has 1 aliphatic heterocycles. The highest BCUT2D eigenvalue weighted by Crippen LogP contribution is 2.13. The van der Waals surface area contributed by atoms with Crippen molar-refractivity contribution < 1.29 is 18.0 Å². The molecule has 0 spiro atoms. The number of hydrogen-bond donors (Lipinski definition) is 2. The Bertz CT molecular complexity index is 640. The van der Waals surface area contributed by atoms with Gasteiger partial charge in [-0.25, -0.2) is 13.2 Å². The van der Waals surface area contributed by atoms with Crippen LogP contribution in [0.1, 0.15) is 44.1 Å².